The minimum absolute atomic E-state index is 0.0300. The van der Waals surface area contributed by atoms with Gasteiger partial charge in [0.2, 0.25) is 0 Å². The van der Waals surface area contributed by atoms with E-state index in [2.05, 4.69) is 0 Å². The molecule has 3 rings (SSSR count). The zero-order chi connectivity index (χ0) is 16.8. The Labute approximate surface area is 147 Å². The number of halogens is 1. The van der Waals surface area contributed by atoms with Crippen LogP contribution in [0.4, 0.5) is 4.39 Å². The highest BCUT2D eigenvalue weighted by Gasteiger charge is 2.43. The molecule has 0 amide bonds. The van der Waals surface area contributed by atoms with E-state index in [-0.39, 0.29) is 10.5 Å². The Morgan fingerprint density at radius 3 is 2.12 bits per heavy atom. The summed E-state index contributed by atoms with van der Waals surface area (Å²) >= 11 is 1.63. The van der Waals surface area contributed by atoms with E-state index in [1.165, 1.54) is 0 Å². The lowest BCUT2D eigenvalue weighted by Crippen LogP contribution is -2.33. The Balaban J connectivity index is 1.52. The van der Waals surface area contributed by atoms with Gasteiger partial charge in [-0.1, -0.05) is 67.6 Å². The summed E-state index contributed by atoms with van der Waals surface area (Å²) < 4.78 is 26.2. The normalized spacial score (nSPS) is 26.6. The first-order chi connectivity index (χ1) is 11.7. The van der Waals surface area contributed by atoms with E-state index in [4.69, 9.17) is 9.47 Å². The minimum Gasteiger partial charge on any atom is -0.376 e. The monoisotopic (exact) mass is 346 g/mol. The van der Waals surface area contributed by atoms with Crippen LogP contribution in [0.3, 0.4) is 0 Å². The molecule has 2 nitrogen and oxygen atoms in total. The molecule has 1 heterocycles. The average molecular weight is 346 g/mol. The Morgan fingerprint density at radius 2 is 1.50 bits per heavy atom. The second-order valence-corrected chi connectivity index (χ2v) is 7.71. The number of alkyl halides is 1. The SMILES string of the molecule is CC1S[C@H](COCc2ccccc2)[C@@H](OCc2ccccc2)[C@@H]1F. The molecular formula is C20H23FO2S. The summed E-state index contributed by atoms with van der Waals surface area (Å²) in [6, 6.07) is 19.9. The molecule has 1 aliphatic heterocycles. The third-order valence-electron chi connectivity index (χ3n) is 4.20. The van der Waals surface area contributed by atoms with Crippen molar-refractivity contribution in [2.24, 2.45) is 0 Å². The largest absolute Gasteiger partial charge is 0.376 e. The Morgan fingerprint density at radius 1 is 0.917 bits per heavy atom. The van der Waals surface area contributed by atoms with Gasteiger partial charge in [-0.25, -0.2) is 4.39 Å². The van der Waals surface area contributed by atoms with Gasteiger partial charge in [-0.15, -0.1) is 11.8 Å². The third kappa shape index (κ3) is 4.59. The van der Waals surface area contributed by atoms with Gasteiger partial charge in [0.05, 0.1) is 25.1 Å². The van der Waals surface area contributed by atoms with Crippen LogP contribution < -0.4 is 0 Å². The zero-order valence-corrected chi connectivity index (χ0v) is 14.6. The summed E-state index contributed by atoms with van der Waals surface area (Å²) in [5.74, 6) is 0. The predicted octanol–water partition coefficient (Wildman–Crippen LogP) is 4.63. The van der Waals surface area contributed by atoms with Crippen LogP contribution in [0.1, 0.15) is 18.1 Å². The Kier molecular flexibility index (Phi) is 6.30. The highest BCUT2D eigenvalue weighted by Crippen LogP contribution is 2.38. The first kappa shape index (κ1) is 17.5. The molecule has 4 heteroatoms. The molecule has 4 atom stereocenters. The Bertz CT molecular complexity index is 608. The first-order valence-corrected chi connectivity index (χ1v) is 9.25. The van der Waals surface area contributed by atoms with E-state index in [0.29, 0.717) is 19.8 Å². The van der Waals surface area contributed by atoms with Gasteiger partial charge in [0, 0.05) is 5.25 Å². The van der Waals surface area contributed by atoms with Gasteiger partial charge in [0.1, 0.15) is 12.3 Å². The van der Waals surface area contributed by atoms with Crippen LogP contribution in [0, 0.1) is 0 Å². The van der Waals surface area contributed by atoms with E-state index in [0.717, 1.165) is 11.1 Å². The van der Waals surface area contributed by atoms with Gasteiger partial charge >= 0.3 is 0 Å². The fraction of sp³-hybridized carbons (Fsp3) is 0.400. The molecule has 128 valence electrons. The predicted molar refractivity (Wildman–Crippen MR) is 96.9 cm³/mol. The molecule has 1 saturated heterocycles. The lowest BCUT2D eigenvalue weighted by Gasteiger charge is -2.21. The quantitative estimate of drug-likeness (QED) is 0.728. The molecule has 2 aromatic rings. The third-order valence-corrected chi connectivity index (χ3v) is 5.64. The van der Waals surface area contributed by atoms with Gasteiger partial charge < -0.3 is 9.47 Å². The molecule has 0 N–H and O–H groups in total. The van der Waals surface area contributed by atoms with Crippen LogP contribution in [-0.2, 0) is 22.7 Å². The highest BCUT2D eigenvalue weighted by atomic mass is 32.2. The van der Waals surface area contributed by atoms with Crippen molar-refractivity contribution in [3.8, 4) is 0 Å². The van der Waals surface area contributed by atoms with Crippen LogP contribution in [0.25, 0.3) is 0 Å². The molecule has 24 heavy (non-hydrogen) atoms. The van der Waals surface area contributed by atoms with E-state index >= 15 is 0 Å². The van der Waals surface area contributed by atoms with Crippen LogP contribution in [0.15, 0.2) is 60.7 Å². The number of thioether (sulfide) groups is 1. The molecule has 2 aromatic carbocycles. The lowest BCUT2D eigenvalue weighted by atomic mass is 10.1. The molecule has 0 aliphatic carbocycles. The summed E-state index contributed by atoms with van der Waals surface area (Å²) in [5, 5.41) is -0.0291. The second kappa shape index (κ2) is 8.65. The molecule has 0 radical (unpaired) electrons. The van der Waals surface area contributed by atoms with Crippen LogP contribution in [0.5, 0.6) is 0 Å². The number of benzene rings is 2. The first-order valence-electron chi connectivity index (χ1n) is 8.31. The van der Waals surface area contributed by atoms with Gasteiger partial charge in [-0.3, -0.25) is 0 Å². The number of rotatable bonds is 7. The molecule has 0 bridgehead atoms. The van der Waals surface area contributed by atoms with Crippen molar-refractivity contribution in [2.45, 2.75) is 42.9 Å². The van der Waals surface area contributed by atoms with Crippen LogP contribution in [-0.4, -0.2) is 29.4 Å². The smallest absolute Gasteiger partial charge is 0.139 e. The zero-order valence-electron chi connectivity index (χ0n) is 13.8. The van der Waals surface area contributed by atoms with E-state index in [1.807, 2.05) is 67.6 Å². The molecular weight excluding hydrogens is 323 g/mol. The number of hydrogen-bond acceptors (Lipinski definition) is 3. The summed E-state index contributed by atoms with van der Waals surface area (Å²) in [5.41, 5.74) is 2.20. The number of hydrogen-bond donors (Lipinski definition) is 0. The fourth-order valence-electron chi connectivity index (χ4n) is 2.87. The van der Waals surface area contributed by atoms with Crippen molar-refractivity contribution in [1.82, 2.24) is 0 Å². The summed E-state index contributed by atoms with van der Waals surface area (Å²) in [6.45, 7) is 3.41. The topological polar surface area (TPSA) is 18.5 Å². The van der Waals surface area contributed by atoms with Crippen molar-refractivity contribution in [3.63, 3.8) is 0 Å². The maximum absolute atomic E-state index is 14.5. The van der Waals surface area contributed by atoms with Gasteiger partial charge in [0.25, 0.3) is 0 Å². The maximum Gasteiger partial charge on any atom is 0.139 e. The molecule has 1 aliphatic rings. The second-order valence-electron chi connectivity index (χ2n) is 6.09. The van der Waals surface area contributed by atoms with Gasteiger partial charge in [0.15, 0.2) is 0 Å². The van der Waals surface area contributed by atoms with Crippen molar-refractivity contribution in [2.75, 3.05) is 6.61 Å². The molecule has 0 aromatic heterocycles. The van der Waals surface area contributed by atoms with E-state index in [9.17, 15) is 4.39 Å². The van der Waals surface area contributed by atoms with Gasteiger partial charge in [-0.2, -0.15) is 0 Å². The molecule has 1 fully saturated rings. The van der Waals surface area contributed by atoms with Crippen molar-refractivity contribution < 1.29 is 13.9 Å². The van der Waals surface area contributed by atoms with E-state index in [1.54, 1.807) is 11.8 Å². The highest BCUT2D eigenvalue weighted by molar-refractivity contribution is 8.00. The standard InChI is InChI=1S/C20H23FO2S/c1-15-19(21)20(23-13-17-10-6-3-7-11-17)18(24-15)14-22-12-16-8-4-2-5-9-16/h2-11,15,18-20H,12-14H2,1H3/t15?,18-,19-,20-/m1/s1. The average Bonchev–Trinajstić information content (AvgIpc) is 2.89. The molecule has 0 spiro atoms. The summed E-state index contributed by atoms with van der Waals surface area (Å²) in [4.78, 5) is 0. The van der Waals surface area contributed by atoms with Crippen LogP contribution in [0.2, 0.25) is 0 Å². The molecule has 1 unspecified atom stereocenters. The number of ether oxygens (including phenoxy) is 2. The van der Waals surface area contributed by atoms with Crippen molar-refractivity contribution in [3.05, 3.63) is 71.8 Å². The van der Waals surface area contributed by atoms with Gasteiger partial charge in [-0.05, 0) is 11.1 Å². The van der Waals surface area contributed by atoms with Crippen LogP contribution >= 0.6 is 11.8 Å². The summed E-state index contributed by atoms with van der Waals surface area (Å²) in [6.07, 6.45) is -1.37. The van der Waals surface area contributed by atoms with E-state index < -0.39 is 12.3 Å². The maximum atomic E-state index is 14.5. The minimum atomic E-state index is -0.955. The Hall–Kier alpha value is -1.36. The lowest BCUT2D eigenvalue weighted by molar-refractivity contribution is -0.0211. The molecule has 0 saturated carbocycles. The summed E-state index contributed by atoms with van der Waals surface area (Å²) in [7, 11) is 0. The van der Waals surface area contributed by atoms with Crippen molar-refractivity contribution >= 4 is 11.8 Å². The van der Waals surface area contributed by atoms with Crippen molar-refractivity contribution in [1.29, 1.82) is 0 Å². The fourth-order valence-corrected chi connectivity index (χ4v) is 4.28.